The molecule has 1 amide bonds. The first kappa shape index (κ1) is 24.1. The highest BCUT2D eigenvalue weighted by Crippen LogP contribution is 2.29. The van der Waals surface area contributed by atoms with E-state index >= 15 is 0 Å². The molecule has 0 aliphatic rings. The third-order valence-corrected chi connectivity index (χ3v) is 6.62. The number of nitrogens with zero attached hydrogens (tertiary/aromatic N) is 4. The number of hydrogen-bond acceptors (Lipinski definition) is 8. The van der Waals surface area contributed by atoms with Crippen LogP contribution in [0.25, 0.3) is 11.3 Å². The third-order valence-electron chi connectivity index (χ3n) is 5.30. The fraction of sp³-hybridized carbons (Fsp3) is 0.250. The van der Waals surface area contributed by atoms with Crippen LogP contribution >= 0.6 is 11.8 Å². The van der Waals surface area contributed by atoms with E-state index in [0.29, 0.717) is 40.2 Å². The van der Waals surface area contributed by atoms with Gasteiger partial charge in [-0.05, 0) is 18.6 Å². The number of rotatable bonds is 9. The molecule has 0 saturated heterocycles. The Balaban J connectivity index is 1.58. The predicted octanol–water partition coefficient (Wildman–Crippen LogP) is 3.42. The largest absolute Gasteiger partial charge is 0.497 e. The second kappa shape index (κ2) is 10.5. The first-order valence-corrected chi connectivity index (χ1v) is 11.7. The van der Waals surface area contributed by atoms with Crippen LogP contribution in [0.3, 0.4) is 0 Å². The topological polar surface area (TPSA) is 109 Å². The van der Waals surface area contributed by atoms with Gasteiger partial charge in [0.05, 0.1) is 32.3 Å². The summed E-state index contributed by atoms with van der Waals surface area (Å²) in [7, 11) is 4.66. The van der Waals surface area contributed by atoms with Crippen LogP contribution in [0.4, 0.5) is 5.69 Å². The molecule has 182 valence electrons. The van der Waals surface area contributed by atoms with Crippen LogP contribution in [0.15, 0.2) is 64.8 Å². The molecule has 0 aliphatic heterocycles. The maximum Gasteiger partial charge on any atom is 0.300 e. The molecular formula is C24H25N5O5S. The number of hydrogen-bond donors (Lipinski definition) is 1. The van der Waals surface area contributed by atoms with Gasteiger partial charge in [0.1, 0.15) is 17.2 Å². The first-order chi connectivity index (χ1) is 17.0. The van der Waals surface area contributed by atoms with Gasteiger partial charge in [0.15, 0.2) is 5.16 Å². The zero-order chi connectivity index (χ0) is 24.9. The summed E-state index contributed by atoms with van der Waals surface area (Å²) in [6.07, 6.45) is 3.88. The smallest absolute Gasteiger partial charge is 0.300 e. The lowest BCUT2D eigenvalue weighted by Gasteiger charge is -2.15. The average molecular weight is 496 g/mol. The highest BCUT2D eigenvalue weighted by Gasteiger charge is 2.22. The van der Waals surface area contributed by atoms with Crippen LogP contribution in [-0.2, 0) is 4.79 Å². The van der Waals surface area contributed by atoms with E-state index in [1.165, 1.54) is 16.3 Å². The Kier molecular flexibility index (Phi) is 7.25. The first-order valence-electron chi connectivity index (χ1n) is 10.8. The van der Waals surface area contributed by atoms with E-state index in [-0.39, 0.29) is 17.1 Å². The van der Waals surface area contributed by atoms with Gasteiger partial charge in [0.25, 0.3) is 0 Å². The minimum Gasteiger partial charge on any atom is -0.497 e. The molecule has 4 rings (SSSR count). The zero-order valence-corrected chi connectivity index (χ0v) is 20.5. The normalized spacial score (nSPS) is 11.8. The maximum atomic E-state index is 13.1. The fourth-order valence-corrected chi connectivity index (χ4v) is 4.40. The minimum absolute atomic E-state index is 0.158. The predicted molar refractivity (Wildman–Crippen MR) is 133 cm³/mol. The molecule has 2 aromatic carbocycles. The van der Waals surface area contributed by atoms with Crippen LogP contribution in [0, 0.1) is 0 Å². The van der Waals surface area contributed by atoms with E-state index in [0.717, 1.165) is 0 Å². The van der Waals surface area contributed by atoms with Crippen molar-refractivity contribution < 1.29 is 19.0 Å². The summed E-state index contributed by atoms with van der Waals surface area (Å²) in [6, 6.07) is 12.3. The number of methoxy groups -OCH3 is 3. The lowest BCUT2D eigenvalue weighted by atomic mass is 10.2. The van der Waals surface area contributed by atoms with E-state index in [2.05, 4.69) is 15.5 Å². The molecule has 1 N–H and O–H groups in total. The number of benzene rings is 2. The third kappa shape index (κ3) is 5.09. The molecule has 0 saturated carbocycles. The number of amides is 1. The Labute approximate surface area is 205 Å². The highest BCUT2D eigenvalue weighted by atomic mass is 32.2. The number of anilines is 1. The number of carbonyl (C=O) groups excluding carboxylic acids is 1. The quantitative estimate of drug-likeness (QED) is 0.352. The molecular weight excluding hydrogens is 470 g/mol. The average Bonchev–Trinajstić information content (AvgIpc) is 3.30. The van der Waals surface area contributed by atoms with Gasteiger partial charge < -0.3 is 19.5 Å². The number of ether oxygens (including phenoxy) is 3. The van der Waals surface area contributed by atoms with Gasteiger partial charge in [-0.15, -0.1) is 10.2 Å². The number of nitrogens with one attached hydrogen (secondary N) is 1. The molecule has 2 aromatic heterocycles. The Hall–Kier alpha value is -3.99. The summed E-state index contributed by atoms with van der Waals surface area (Å²) in [5.74, 6) is 1.55. The lowest BCUT2D eigenvalue weighted by molar-refractivity contribution is -0.115. The molecule has 4 aromatic rings. The summed E-state index contributed by atoms with van der Waals surface area (Å²) in [4.78, 5) is 26.1. The molecule has 35 heavy (non-hydrogen) atoms. The summed E-state index contributed by atoms with van der Waals surface area (Å²) < 4.78 is 18.9. The van der Waals surface area contributed by atoms with E-state index in [9.17, 15) is 9.59 Å². The summed E-state index contributed by atoms with van der Waals surface area (Å²) in [6.45, 7) is 1.91. The Morgan fingerprint density at radius 3 is 2.37 bits per heavy atom. The van der Waals surface area contributed by atoms with Crippen LogP contribution in [0.1, 0.15) is 13.3 Å². The molecule has 0 aliphatic carbocycles. The summed E-state index contributed by atoms with van der Waals surface area (Å²) in [5.41, 5.74) is 1.03. The van der Waals surface area contributed by atoms with E-state index in [1.54, 1.807) is 80.6 Å². The summed E-state index contributed by atoms with van der Waals surface area (Å²) >= 11 is 1.24. The van der Waals surface area contributed by atoms with Crippen molar-refractivity contribution in [1.29, 1.82) is 0 Å². The van der Waals surface area contributed by atoms with Gasteiger partial charge >= 0.3 is 5.56 Å². The van der Waals surface area contributed by atoms with E-state index < -0.39 is 5.25 Å². The van der Waals surface area contributed by atoms with Crippen LogP contribution in [0.2, 0.25) is 0 Å². The van der Waals surface area contributed by atoms with Crippen LogP contribution < -0.4 is 25.1 Å². The van der Waals surface area contributed by atoms with Crippen molar-refractivity contribution in [2.45, 2.75) is 23.8 Å². The van der Waals surface area contributed by atoms with Gasteiger partial charge in [0.2, 0.25) is 11.6 Å². The number of aromatic nitrogens is 4. The Bertz CT molecular complexity index is 1390. The monoisotopic (exact) mass is 495 g/mol. The van der Waals surface area contributed by atoms with Crippen molar-refractivity contribution >= 4 is 29.0 Å². The number of carbonyl (C=O) groups is 1. The lowest BCUT2D eigenvalue weighted by Crippen LogP contribution is -2.25. The van der Waals surface area contributed by atoms with Crippen LogP contribution in [-0.4, -0.2) is 51.7 Å². The van der Waals surface area contributed by atoms with Crippen LogP contribution in [0.5, 0.6) is 17.2 Å². The van der Waals surface area contributed by atoms with Crippen molar-refractivity contribution in [1.82, 2.24) is 19.2 Å². The highest BCUT2D eigenvalue weighted by molar-refractivity contribution is 8.00. The van der Waals surface area contributed by atoms with Gasteiger partial charge in [-0.1, -0.05) is 24.8 Å². The van der Waals surface area contributed by atoms with Gasteiger partial charge in [0, 0.05) is 42.3 Å². The standard InChI is InChI=1S/C24H25N5O5S/c1-5-20(22(30)25-15-11-18(33-3)14-19(12-15)34-4)35-24-27-26-21-23(31)28(9-10-29(21)24)16-7-6-8-17(13-16)32-2/h6-14,20H,5H2,1-4H3,(H,25,30)/t20-/m1/s1. The SMILES string of the molecule is CC[C@@H](Sc1nnc2c(=O)n(-c3cccc(OC)c3)ccn12)C(=O)Nc1cc(OC)cc(OC)c1. The molecule has 0 fully saturated rings. The Morgan fingerprint density at radius 1 is 1.00 bits per heavy atom. The molecule has 11 heteroatoms. The number of fused-ring (bicyclic) bond motifs is 1. The molecule has 10 nitrogen and oxygen atoms in total. The van der Waals surface area contributed by atoms with E-state index in [4.69, 9.17) is 14.2 Å². The zero-order valence-electron chi connectivity index (χ0n) is 19.7. The van der Waals surface area contributed by atoms with E-state index in [1.807, 2.05) is 6.92 Å². The maximum absolute atomic E-state index is 13.1. The number of thioether (sulfide) groups is 1. The minimum atomic E-state index is -0.472. The molecule has 0 unspecified atom stereocenters. The second-order valence-corrected chi connectivity index (χ2v) is 8.63. The Morgan fingerprint density at radius 2 is 1.71 bits per heavy atom. The molecule has 0 bridgehead atoms. The van der Waals surface area contributed by atoms with Crippen molar-refractivity contribution in [3.8, 4) is 22.9 Å². The molecule has 2 heterocycles. The van der Waals surface area contributed by atoms with Gasteiger partial charge in [-0.2, -0.15) is 0 Å². The molecule has 1 atom stereocenters. The van der Waals surface area contributed by atoms with Crippen molar-refractivity contribution in [3.63, 3.8) is 0 Å². The van der Waals surface area contributed by atoms with Gasteiger partial charge in [-0.3, -0.25) is 18.6 Å². The molecule has 0 spiro atoms. The fourth-order valence-electron chi connectivity index (χ4n) is 3.46. The van der Waals surface area contributed by atoms with Gasteiger partial charge in [-0.25, -0.2) is 0 Å². The second-order valence-electron chi connectivity index (χ2n) is 7.46. The summed E-state index contributed by atoms with van der Waals surface area (Å²) in [5, 5.41) is 11.1. The van der Waals surface area contributed by atoms with Crippen molar-refractivity contribution in [3.05, 3.63) is 65.2 Å². The van der Waals surface area contributed by atoms with Crippen molar-refractivity contribution in [2.24, 2.45) is 0 Å². The van der Waals surface area contributed by atoms with Crippen molar-refractivity contribution in [2.75, 3.05) is 26.6 Å². The molecule has 0 radical (unpaired) electrons.